The Morgan fingerprint density at radius 2 is 2.00 bits per heavy atom. The molecule has 0 fully saturated rings. The minimum Gasteiger partial charge on any atom is -0.345 e. The summed E-state index contributed by atoms with van der Waals surface area (Å²) in [4.78, 5) is 0. The molecule has 62 valence electrons. The van der Waals surface area contributed by atoms with E-state index < -0.39 is 0 Å². The molecule has 0 atom stereocenters. The van der Waals surface area contributed by atoms with Crippen LogP contribution in [0.5, 0.6) is 0 Å². The van der Waals surface area contributed by atoms with Gasteiger partial charge in [-0.2, -0.15) is 0 Å². The predicted molar refractivity (Wildman–Crippen MR) is 55.8 cm³/mol. The van der Waals surface area contributed by atoms with Crippen LogP contribution in [0.3, 0.4) is 0 Å². The van der Waals surface area contributed by atoms with E-state index in [2.05, 4.69) is 38.1 Å². The average Bonchev–Trinajstić information content (AvgIpc) is 2.05. The van der Waals surface area contributed by atoms with Gasteiger partial charge in [-0.25, -0.2) is 0 Å². The molecule has 0 nitrogen and oxygen atoms in total. The van der Waals surface area contributed by atoms with E-state index >= 15 is 0 Å². The van der Waals surface area contributed by atoms with Crippen molar-refractivity contribution in [2.24, 2.45) is 0 Å². The molecule has 1 aromatic carbocycles. The second kappa shape index (κ2) is 5.10. The summed E-state index contributed by atoms with van der Waals surface area (Å²) in [6, 6.07) is 8.61. The van der Waals surface area contributed by atoms with Crippen LogP contribution in [0.2, 0.25) is 0 Å². The van der Waals surface area contributed by atoms with Gasteiger partial charge in [-0.05, 0) is 11.5 Å². The van der Waals surface area contributed by atoms with E-state index in [-0.39, 0.29) is 19.3 Å². The maximum Gasteiger partial charge on any atom is 0.505 e. The highest BCUT2D eigenvalue weighted by Gasteiger charge is 2.05. The summed E-state index contributed by atoms with van der Waals surface area (Å²) in [5.74, 6) is 0.624. The molecule has 0 unspecified atom stereocenters. The summed E-state index contributed by atoms with van der Waals surface area (Å²) in [5.41, 5.74) is 2.92. The molecule has 0 aromatic heterocycles. The molecule has 0 saturated carbocycles. The van der Waals surface area contributed by atoms with Crippen molar-refractivity contribution in [1.82, 2.24) is 0 Å². The third-order valence-electron chi connectivity index (χ3n) is 2.04. The molecule has 0 bridgehead atoms. The van der Waals surface area contributed by atoms with Crippen molar-refractivity contribution in [3.63, 3.8) is 0 Å². The van der Waals surface area contributed by atoms with Crippen molar-refractivity contribution in [3.05, 3.63) is 35.4 Å². The van der Waals surface area contributed by atoms with Gasteiger partial charge in [0.1, 0.15) is 0 Å². The summed E-state index contributed by atoms with van der Waals surface area (Å²) in [7, 11) is 5.85. The van der Waals surface area contributed by atoms with E-state index in [1.165, 1.54) is 11.1 Å². The SMILES string of the molecule is CC(C)c1ccccc1[CH2][Mg][Cl]. The molecule has 12 heavy (non-hydrogen) atoms. The Balaban J connectivity index is 2.92. The van der Waals surface area contributed by atoms with Crippen molar-refractivity contribution in [2.75, 3.05) is 0 Å². The molecule has 0 amide bonds. The van der Waals surface area contributed by atoms with Crippen LogP contribution in [0.4, 0.5) is 0 Å². The van der Waals surface area contributed by atoms with Gasteiger partial charge in [-0.15, -0.1) is 0 Å². The zero-order chi connectivity index (χ0) is 8.97. The lowest BCUT2D eigenvalue weighted by atomic mass is 9.98. The van der Waals surface area contributed by atoms with E-state index in [1.807, 2.05) is 0 Å². The Hall–Kier alpha value is 0.276. The smallest absolute Gasteiger partial charge is 0.345 e. The molecular weight excluding hydrogens is 180 g/mol. The van der Waals surface area contributed by atoms with Crippen molar-refractivity contribution < 1.29 is 0 Å². The highest BCUT2D eigenvalue weighted by molar-refractivity contribution is 6.93. The van der Waals surface area contributed by atoms with Crippen LogP contribution in [0.25, 0.3) is 0 Å². The van der Waals surface area contributed by atoms with E-state index in [4.69, 9.17) is 9.07 Å². The zero-order valence-electron chi connectivity index (χ0n) is 7.68. The van der Waals surface area contributed by atoms with E-state index in [9.17, 15) is 0 Å². The van der Waals surface area contributed by atoms with E-state index in [1.54, 1.807) is 0 Å². The first-order chi connectivity index (χ1) is 5.75. The van der Waals surface area contributed by atoms with Crippen LogP contribution in [0, 0.1) is 0 Å². The first-order valence-electron chi connectivity index (χ1n) is 4.39. The van der Waals surface area contributed by atoms with E-state index in [0.717, 1.165) is 4.55 Å². The van der Waals surface area contributed by atoms with Gasteiger partial charge in [-0.1, -0.05) is 48.2 Å². The average molecular weight is 193 g/mol. The second-order valence-electron chi connectivity index (χ2n) is 3.29. The van der Waals surface area contributed by atoms with Gasteiger partial charge in [0.2, 0.25) is 0 Å². The molecule has 0 heterocycles. The largest absolute Gasteiger partial charge is 0.505 e. The van der Waals surface area contributed by atoms with Crippen LogP contribution in [-0.4, -0.2) is 19.3 Å². The Kier molecular flexibility index (Phi) is 4.40. The molecule has 1 rings (SSSR count). The number of rotatable bonds is 3. The van der Waals surface area contributed by atoms with Gasteiger partial charge in [0.05, 0.1) is 0 Å². The van der Waals surface area contributed by atoms with Gasteiger partial charge in [0, 0.05) is 0 Å². The summed E-state index contributed by atoms with van der Waals surface area (Å²) >= 11 is -0.365. The normalized spacial score (nSPS) is 10.0. The summed E-state index contributed by atoms with van der Waals surface area (Å²) in [5, 5.41) is 0. The summed E-state index contributed by atoms with van der Waals surface area (Å²) < 4.78 is 1.12. The molecular formula is C10H13ClMg. The fourth-order valence-corrected chi connectivity index (χ4v) is 2.70. The minimum atomic E-state index is -0.365. The van der Waals surface area contributed by atoms with Gasteiger partial charge in [-0.3, -0.25) is 0 Å². The molecule has 0 N–H and O–H groups in total. The lowest BCUT2D eigenvalue weighted by molar-refractivity contribution is 0.854. The maximum atomic E-state index is 5.85. The first kappa shape index (κ1) is 10.4. The third kappa shape index (κ3) is 2.65. The van der Waals surface area contributed by atoms with Gasteiger partial charge in [0.25, 0.3) is 0 Å². The number of hydrogen-bond acceptors (Lipinski definition) is 0. The Labute approximate surface area is 87.8 Å². The molecule has 0 aliphatic heterocycles. The lowest BCUT2D eigenvalue weighted by Gasteiger charge is -2.10. The number of hydrogen-bond donors (Lipinski definition) is 0. The number of benzene rings is 1. The van der Waals surface area contributed by atoms with Crippen molar-refractivity contribution in [1.29, 1.82) is 0 Å². The van der Waals surface area contributed by atoms with Gasteiger partial charge >= 0.3 is 19.3 Å². The van der Waals surface area contributed by atoms with Crippen molar-refractivity contribution >= 4 is 28.3 Å². The molecule has 0 aliphatic carbocycles. The first-order valence-corrected chi connectivity index (χ1v) is 7.53. The van der Waals surface area contributed by atoms with E-state index in [0.29, 0.717) is 5.92 Å². The quantitative estimate of drug-likeness (QED) is 0.646. The van der Waals surface area contributed by atoms with Crippen LogP contribution in [0.15, 0.2) is 24.3 Å². The fraction of sp³-hybridized carbons (Fsp3) is 0.400. The minimum absolute atomic E-state index is 0.365. The van der Waals surface area contributed by atoms with Crippen LogP contribution in [0.1, 0.15) is 30.9 Å². The Morgan fingerprint density at radius 1 is 1.33 bits per heavy atom. The lowest BCUT2D eigenvalue weighted by Crippen LogP contribution is -1.98. The standard InChI is InChI=1S/C10H13.ClH.Mg/c1-8(2)10-7-5-4-6-9(10)3;;/h4-8H,3H2,1-2H3;1H;/q;;+1/p-1. The predicted octanol–water partition coefficient (Wildman–Crippen LogP) is 3.17. The monoisotopic (exact) mass is 192 g/mol. The van der Waals surface area contributed by atoms with Crippen molar-refractivity contribution in [3.8, 4) is 0 Å². The summed E-state index contributed by atoms with van der Waals surface area (Å²) in [6.07, 6.45) is 0. The molecule has 2 heteroatoms. The van der Waals surface area contributed by atoms with Crippen LogP contribution >= 0.6 is 9.07 Å². The molecule has 1 aromatic rings. The third-order valence-corrected chi connectivity index (χ3v) is 3.34. The zero-order valence-corrected chi connectivity index (χ0v) is 9.85. The van der Waals surface area contributed by atoms with Gasteiger partial charge < -0.3 is 9.07 Å². The fourth-order valence-electron chi connectivity index (χ4n) is 1.43. The topological polar surface area (TPSA) is 0 Å². The molecule has 0 spiro atoms. The van der Waals surface area contributed by atoms with Crippen molar-refractivity contribution in [2.45, 2.75) is 24.3 Å². The van der Waals surface area contributed by atoms with Crippen LogP contribution in [-0.2, 0) is 4.55 Å². The highest BCUT2D eigenvalue weighted by Crippen LogP contribution is 2.19. The van der Waals surface area contributed by atoms with Crippen LogP contribution < -0.4 is 0 Å². The summed E-state index contributed by atoms with van der Waals surface area (Å²) in [6.45, 7) is 4.46. The second-order valence-corrected chi connectivity index (χ2v) is 5.30. The maximum absolute atomic E-state index is 5.85. The molecule has 0 radical (unpaired) electrons. The molecule has 0 aliphatic rings. The Morgan fingerprint density at radius 3 is 2.58 bits per heavy atom. The number of halogens is 1. The highest BCUT2D eigenvalue weighted by atomic mass is 35.5. The molecule has 0 saturated heterocycles. The van der Waals surface area contributed by atoms with Gasteiger partial charge in [0.15, 0.2) is 0 Å². The Bertz CT molecular complexity index is 245.